The summed E-state index contributed by atoms with van der Waals surface area (Å²) in [6, 6.07) is -0.339. The maximum Gasteiger partial charge on any atom is 0.163 e. The van der Waals surface area contributed by atoms with Gasteiger partial charge < -0.3 is 11.1 Å². The fraction of sp³-hybridized carbons (Fsp3) is 0.800. The van der Waals surface area contributed by atoms with Crippen LogP contribution < -0.4 is 11.1 Å². The third kappa shape index (κ3) is 2.46. The average molecular weight is 229 g/mol. The topological polar surface area (TPSA) is 72.2 Å². The van der Waals surface area contributed by atoms with Crippen molar-refractivity contribution in [1.29, 1.82) is 0 Å². The van der Waals surface area contributed by atoms with Crippen LogP contribution in [0.4, 0.5) is 0 Å². The van der Waals surface area contributed by atoms with Crippen LogP contribution in [-0.2, 0) is 9.84 Å². The number of hydrogen-bond acceptors (Lipinski definition) is 3. The zero-order valence-electron chi connectivity index (χ0n) is 6.16. The minimum absolute atomic E-state index is 0.00512. The van der Waals surface area contributed by atoms with Crippen molar-refractivity contribution in [2.24, 2.45) is 5.73 Å². The average Bonchev–Trinajstić information content (AvgIpc) is 2.03. The van der Waals surface area contributed by atoms with Gasteiger partial charge in [0.05, 0.1) is 22.9 Å². The third-order valence-electron chi connectivity index (χ3n) is 1.61. The van der Waals surface area contributed by atoms with Crippen molar-refractivity contribution in [3.63, 3.8) is 0 Å². The lowest BCUT2D eigenvalue weighted by Crippen LogP contribution is -2.43. The van der Waals surface area contributed by atoms with E-state index in [1.807, 2.05) is 0 Å². The molecule has 0 radical (unpaired) electrons. The molecular weight excluding hydrogens is 220 g/mol. The van der Waals surface area contributed by atoms with E-state index in [2.05, 4.69) is 17.5 Å². The second-order valence-electron chi connectivity index (χ2n) is 2.71. The molecule has 2 unspecified atom stereocenters. The third-order valence-corrected chi connectivity index (χ3v) is 4.10. The second kappa shape index (κ2) is 3.35. The Morgan fingerprint density at radius 1 is 1.58 bits per heavy atom. The zero-order valence-corrected chi connectivity index (χ0v) is 8.55. The predicted molar refractivity (Wildman–Crippen MR) is 52.0 cm³/mol. The molecule has 1 saturated heterocycles. The molecule has 1 rings (SSSR count). The molecule has 3 N–H and O–H groups in total. The van der Waals surface area contributed by atoms with Gasteiger partial charge in [0.1, 0.15) is 0 Å². The summed E-state index contributed by atoms with van der Waals surface area (Å²) in [5, 5.41) is 2.30. The van der Waals surface area contributed by atoms with E-state index in [0.717, 1.165) is 0 Å². The van der Waals surface area contributed by atoms with Gasteiger partial charge in [-0.25, -0.2) is 8.42 Å². The SMILES string of the molecule is NC(=S)NC1CS(=O)(=O)CC1Cl. The van der Waals surface area contributed by atoms with Crippen LogP contribution in [0.15, 0.2) is 0 Å². The number of nitrogens with one attached hydrogen (secondary N) is 1. The minimum atomic E-state index is -3.00. The summed E-state index contributed by atoms with van der Waals surface area (Å²) >= 11 is 10.3. The van der Waals surface area contributed by atoms with Gasteiger partial charge in [-0.15, -0.1) is 11.6 Å². The Morgan fingerprint density at radius 3 is 2.50 bits per heavy atom. The van der Waals surface area contributed by atoms with Crippen molar-refractivity contribution < 1.29 is 8.42 Å². The van der Waals surface area contributed by atoms with Crippen LogP contribution in [0.25, 0.3) is 0 Å². The molecule has 0 aromatic carbocycles. The molecule has 12 heavy (non-hydrogen) atoms. The van der Waals surface area contributed by atoms with E-state index < -0.39 is 15.2 Å². The first kappa shape index (κ1) is 10.0. The van der Waals surface area contributed by atoms with E-state index in [9.17, 15) is 8.42 Å². The van der Waals surface area contributed by atoms with Gasteiger partial charge in [-0.2, -0.15) is 0 Å². The Balaban J connectivity index is 2.64. The molecular formula is C5H9ClN2O2S2. The summed E-state index contributed by atoms with van der Waals surface area (Å²) in [7, 11) is -3.00. The largest absolute Gasteiger partial charge is 0.376 e. The number of hydrogen-bond donors (Lipinski definition) is 2. The lowest BCUT2D eigenvalue weighted by molar-refractivity contribution is 0.600. The molecule has 0 aliphatic carbocycles. The summed E-state index contributed by atoms with van der Waals surface area (Å²) in [6.45, 7) is 0. The fourth-order valence-corrected chi connectivity index (χ4v) is 3.82. The van der Waals surface area contributed by atoms with Crippen LogP contribution in [0.3, 0.4) is 0 Å². The highest BCUT2D eigenvalue weighted by molar-refractivity contribution is 7.91. The molecule has 70 valence electrons. The maximum absolute atomic E-state index is 11.0. The zero-order chi connectivity index (χ0) is 9.35. The highest BCUT2D eigenvalue weighted by Gasteiger charge is 2.36. The standard InChI is InChI=1S/C5H9ClN2O2S2/c6-3-1-12(9,10)2-4(3)8-5(7)11/h3-4H,1-2H2,(H3,7,8,11). The van der Waals surface area contributed by atoms with E-state index in [4.69, 9.17) is 17.3 Å². The van der Waals surface area contributed by atoms with Gasteiger partial charge in [-0.05, 0) is 12.2 Å². The van der Waals surface area contributed by atoms with Crippen molar-refractivity contribution in [2.45, 2.75) is 11.4 Å². The summed E-state index contributed by atoms with van der Waals surface area (Å²) in [5.41, 5.74) is 5.19. The second-order valence-corrected chi connectivity index (χ2v) is 5.86. The fourth-order valence-electron chi connectivity index (χ4n) is 1.12. The first-order valence-electron chi connectivity index (χ1n) is 3.31. The minimum Gasteiger partial charge on any atom is -0.376 e. The maximum atomic E-state index is 11.0. The van der Waals surface area contributed by atoms with Gasteiger partial charge in [0.2, 0.25) is 0 Å². The number of halogens is 1. The summed E-state index contributed by atoms with van der Waals surface area (Å²) in [5.74, 6) is 0.00728. The van der Waals surface area contributed by atoms with E-state index in [-0.39, 0.29) is 22.7 Å². The van der Waals surface area contributed by atoms with Crippen LogP contribution in [0.2, 0.25) is 0 Å². The lowest BCUT2D eigenvalue weighted by Gasteiger charge is -2.13. The first-order chi connectivity index (χ1) is 5.41. The van der Waals surface area contributed by atoms with Gasteiger partial charge in [-0.1, -0.05) is 0 Å². The van der Waals surface area contributed by atoms with Crippen LogP contribution >= 0.6 is 23.8 Å². The summed E-state index contributed by atoms with van der Waals surface area (Å²) in [6.07, 6.45) is 0. The van der Waals surface area contributed by atoms with Gasteiger partial charge in [0.25, 0.3) is 0 Å². The molecule has 7 heteroatoms. The molecule has 4 nitrogen and oxygen atoms in total. The Labute approximate surface area is 81.4 Å². The molecule has 1 aliphatic rings. The van der Waals surface area contributed by atoms with Crippen molar-refractivity contribution in [1.82, 2.24) is 5.32 Å². The van der Waals surface area contributed by atoms with Crippen LogP contribution in [-0.4, -0.2) is 36.5 Å². The summed E-state index contributed by atoms with van der Waals surface area (Å²) in [4.78, 5) is 0. The number of alkyl halides is 1. The Bertz CT molecular complexity index is 290. The van der Waals surface area contributed by atoms with E-state index >= 15 is 0 Å². The van der Waals surface area contributed by atoms with Gasteiger partial charge in [0.15, 0.2) is 14.9 Å². The molecule has 0 aromatic rings. The van der Waals surface area contributed by atoms with E-state index in [1.165, 1.54) is 0 Å². The van der Waals surface area contributed by atoms with Crippen LogP contribution in [0.1, 0.15) is 0 Å². The van der Waals surface area contributed by atoms with Crippen molar-refractivity contribution in [2.75, 3.05) is 11.5 Å². The quantitative estimate of drug-likeness (QED) is 0.455. The molecule has 0 amide bonds. The Morgan fingerprint density at radius 2 is 2.17 bits per heavy atom. The van der Waals surface area contributed by atoms with Gasteiger partial charge in [0, 0.05) is 0 Å². The van der Waals surface area contributed by atoms with Crippen molar-refractivity contribution in [3.05, 3.63) is 0 Å². The molecule has 0 bridgehead atoms. The molecule has 2 atom stereocenters. The molecule has 1 aliphatic heterocycles. The van der Waals surface area contributed by atoms with E-state index in [1.54, 1.807) is 0 Å². The Kier molecular flexibility index (Phi) is 2.80. The molecule has 0 spiro atoms. The number of rotatable bonds is 1. The van der Waals surface area contributed by atoms with Gasteiger partial charge in [-0.3, -0.25) is 0 Å². The van der Waals surface area contributed by atoms with Gasteiger partial charge >= 0.3 is 0 Å². The summed E-state index contributed by atoms with van der Waals surface area (Å²) < 4.78 is 22.0. The molecule has 0 saturated carbocycles. The number of thiocarbonyl (C=S) groups is 1. The Hall–Kier alpha value is -0.0700. The first-order valence-corrected chi connectivity index (χ1v) is 5.98. The normalized spacial score (nSPS) is 33.1. The highest BCUT2D eigenvalue weighted by Crippen LogP contribution is 2.17. The monoisotopic (exact) mass is 228 g/mol. The number of sulfone groups is 1. The number of nitrogens with two attached hydrogens (primary N) is 1. The smallest absolute Gasteiger partial charge is 0.163 e. The van der Waals surface area contributed by atoms with Crippen molar-refractivity contribution in [3.8, 4) is 0 Å². The lowest BCUT2D eigenvalue weighted by atomic mass is 10.3. The highest BCUT2D eigenvalue weighted by atomic mass is 35.5. The predicted octanol–water partition coefficient (Wildman–Crippen LogP) is -0.776. The van der Waals surface area contributed by atoms with E-state index in [0.29, 0.717) is 0 Å². The van der Waals surface area contributed by atoms with Crippen LogP contribution in [0.5, 0.6) is 0 Å². The molecule has 0 aromatic heterocycles. The molecule has 1 heterocycles. The van der Waals surface area contributed by atoms with Crippen LogP contribution in [0, 0.1) is 0 Å². The molecule has 1 fully saturated rings. The van der Waals surface area contributed by atoms with Crippen molar-refractivity contribution >= 4 is 38.8 Å².